The van der Waals surface area contributed by atoms with Crippen molar-refractivity contribution in [2.24, 2.45) is 0 Å². The van der Waals surface area contributed by atoms with Gasteiger partial charge in [0.1, 0.15) is 4.75 Å². The first-order valence-electron chi connectivity index (χ1n) is 10.5. The topological polar surface area (TPSA) is 20.3 Å². The van der Waals surface area contributed by atoms with Crippen LogP contribution in [0.15, 0.2) is 109 Å². The van der Waals surface area contributed by atoms with Crippen LogP contribution in [0, 0.1) is 0 Å². The maximum absolute atomic E-state index is 14.3. The molecule has 150 valence electrons. The van der Waals surface area contributed by atoms with Gasteiger partial charge in [-0.1, -0.05) is 97.1 Å². The van der Waals surface area contributed by atoms with E-state index in [0.29, 0.717) is 0 Å². The van der Waals surface area contributed by atoms with E-state index in [0.717, 1.165) is 11.3 Å². The Morgan fingerprint density at radius 3 is 1.74 bits per heavy atom. The largest absolute Gasteiger partial charge is 0.314 e. The number of para-hydroxylation sites is 1. The minimum absolute atomic E-state index is 0.112. The van der Waals surface area contributed by atoms with E-state index in [4.69, 9.17) is 0 Å². The molecule has 0 saturated carbocycles. The highest BCUT2D eigenvalue weighted by Gasteiger charge is 2.78. The average molecular weight is 420 g/mol. The van der Waals surface area contributed by atoms with E-state index < -0.39 is 9.49 Å². The zero-order chi connectivity index (χ0) is 21.1. The van der Waals surface area contributed by atoms with Crippen molar-refractivity contribution in [1.29, 1.82) is 0 Å². The summed E-state index contributed by atoms with van der Waals surface area (Å²) in [6.45, 7) is 0. The van der Waals surface area contributed by atoms with Gasteiger partial charge in [0, 0.05) is 12.7 Å². The lowest BCUT2D eigenvalue weighted by Gasteiger charge is -2.27. The van der Waals surface area contributed by atoms with Gasteiger partial charge in [0.15, 0.2) is 0 Å². The molecule has 0 bridgehead atoms. The molecule has 1 fully saturated rings. The van der Waals surface area contributed by atoms with Gasteiger partial charge in [-0.2, -0.15) is 0 Å². The molecule has 4 aromatic rings. The summed E-state index contributed by atoms with van der Waals surface area (Å²) in [6, 6.07) is 37.3. The van der Waals surface area contributed by atoms with Gasteiger partial charge < -0.3 is 4.90 Å². The zero-order valence-corrected chi connectivity index (χ0v) is 18.0. The number of rotatable bonds is 3. The Balaban J connectivity index is 1.60. The number of carbonyl (C=O) groups excluding carboxylic acids is 1. The second-order valence-electron chi connectivity index (χ2n) is 8.12. The number of thioether (sulfide) groups is 1. The number of carbonyl (C=O) groups is 1. The van der Waals surface area contributed by atoms with E-state index in [1.807, 2.05) is 60.5 Å². The van der Waals surface area contributed by atoms with Crippen molar-refractivity contribution >= 4 is 23.4 Å². The molecule has 0 radical (unpaired) electrons. The Hall–Kier alpha value is -3.30. The highest BCUT2D eigenvalue weighted by Crippen LogP contribution is 2.82. The Morgan fingerprint density at radius 2 is 1.16 bits per heavy atom. The molecule has 2 aliphatic rings. The summed E-state index contributed by atoms with van der Waals surface area (Å²) < 4.78 is -1.12. The summed E-state index contributed by atoms with van der Waals surface area (Å²) in [7, 11) is 1.89. The Morgan fingerprint density at radius 1 is 0.677 bits per heavy atom. The standard InChI is InChI=1S/C28H21NOS/c1-29(21-14-6-3-7-15-21)26(30)27(20-12-4-2-5-13-20)28(31-27)24-18-10-8-16-22(24)23-17-9-11-19-25(23)28/h2-19H,1H3. The van der Waals surface area contributed by atoms with Crippen molar-refractivity contribution in [3.63, 3.8) is 0 Å². The maximum atomic E-state index is 14.3. The number of amides is 1. The fourth-order valence-electron chi connectivity index (χ4n) is 5.15. The van der Waals surface area contributed by atoms with Gasteiger partial charge in [-0.15, -0.1) is 11.8 Å². The molecule has 6 rings (SSSR count). The smallest absolute Gasteiger partial charge is 0.249 e. The molecule has 3 heteroatoms. The van der Waals surface area contributed by atoms with Crippen LogP contribution in [-0.4, -0.2) is 13.0 Å². The van der Waals surface area contributed by atoms with Gasteiger partial charge in [0.2, 0.25) is 5.91 Å². The number of hydrogen-bond acceptors (Lipinski definition) is 2. The average Bonchev–Trinajstić information content (AvgIpc) is 3.48. The first-order chi connectivity index (χ1) is 15.2. The summed E-state index contributed by atoms with van der Waals surface area (Å²) in [6.07, 6.45) is 0. The molecule has 1 aliphatic heterocycles. The minimum atomic E-state index is -0.707. The number of anilines is 1. The molecule has 0 aromatic heterocycles. The third kappa shape index (κ3) is 2.33. The number of hydrogen-bond donors (Lipinski definition) is 0. The number of fused-ring (bicyclic) bond motifs is 5. The van der Waals surface area contributed by atoms with Crippen molar-refractivity contribution in [3.8, 4) is 11.1 Å². The zero-order valence-electron chi connectivity index (χ0n) is 17.2. The van der Waals surface area contributed by atoms with Gasteiger partial charge >= 0.3 is 0 Å². The van der Waals surface area contributed by atoms with E-state index in [2.05, 4.69) is 60.7 Å². The molecule has 1 saturated heterocycles. The molecule has 1 unspecified atom stereocenters. The monoisotopic (exact) mass is 419 g/mol. The quantitative estimate of drug-likeness (QED) is 0.368. The first-order valence-corrected chi connectivity index (χ1v) is 11.3. The second-order valence-corrected chi connectivity index (χ2v) is 9.55. The van der Waals surface area contributed by atoms with E-state index in [1.165, 1.54) is 22.3 Å². The molecule has 1 atom stereocenters. The van der Waals surface area contributed by atoms with Crippen LogP contribution in [0.2, 0.25) is 0 Å². The third-order valence-electron chi connectivity index (χ3n) is 6.59. The Kier molecular flexibility index (Phi) is 3.93. The van der Waals surface area contributed by atoms with Gasteiger partial charge in [0.05, 0.1) is 4.75 Å². The fraction of sp³-hybridized carbons (Fsp3) is 0.107. The van der Waals surface area contributed by atoms with E-state index in [9.17, 15) is 4.79 Å². The molecule has 1 heterocycles. The van der Waals surface area contributed by atoms with Crippen LogP contribution in [0.1, 0.15) is 16.7 Å². The highest BCUT2D eigenvalue weighted by molar-refractivity contribution is 8.09. The summed E-state index contributed by atoms with van der Waals surface area (Å²) in [5.74, 6) is 0.112. The normalized spacial score (nSPS) is 19.5. The van der Waals surface area contributed by atoms with E-state index in [-0.39, 0.29) is 5.91 Å². The van der Waals surface area contributed by atoms with Crippen molar-refractivity contribution in [2.45, 2.75) is 9.49 Å². The van der Waals surface area contributed by atoms with Gasteiger partial charge in [-0.3, -0.25) is 4.79 Å². The molecular formula is C28H21NOS. The molecule has 1 aliphatic carbocycles. The Bertz CT molecular complexity index is 1260. The lowest BCUT2D eigenvalue weighted by molar-refractivity contribution is -0.120. The molecule has 1 amide bonds. The van der Waals surface area contributed by atoms with E-state index >= 15 is 0 Å². The third-order valence-corrected chi connectivity index (χ3v) is 8.46. The molecule has 1 spiro atoms. The minimum Gasteiger partial charge on any atom is -0.314 e. The summed E-state index contributed by atoms with van der Waals surface area (Å²) in [4.78, 5) is 16.1. The van der Waals surface area contributed by atoms with Crippen LogP contribution in [0.25, 0.3) is 11.1 Å². The fourth-order valence-corrected chi connectivity index (χ4v) is 7.03. The lowest BCUT2D eigenvalue weighted by atomic mass is 9.79. The van der Waals surface area contributed by atoms with Crippen molar-refractivity contribution in [1.82, 2.24) is 0 Å². The molecule has 0 N–H and O–H groups in total. The Labute approximate surface area is 186 Å². The van der Waals surface area contributed by atoms with Crippen LogP contribution in [0.3, 0.4) is 0 Å². The maximum Gasteiger partial charge on any atom is 0.249 e. The number of likely N-dealkylation sites (N-methyl/N-ethyl adjacent to an activating group) is 1. The van der Waals surface area contributed by atoms with Crippen molar-refractivity contribution in [2.75, 3.05) is 11.9 Å². The molecular weight excluding hydrogens is 398 g/mol. The van der Waals surface area contributed by atoms with E-state index in [1.54, 1.807) is 11.8 Å². The number of nitrogens with zero attached hydrogens (tertiary/aromatic N) is 1. The predicted octanol–water partition coefficient (Wildman–Crippen LogP) is 6.22. The summed E-state index contributed by atoms with van der Waals surface area (Å²) in [5.41, 5.74) is 6.90. The van der Waals surface area contributed by atoms with Gasteiger partial charge in [-0.25, -0.2) is 0 Å². The highest BCUT2D eigenvalue weighted by atomic mass is 32.2. The molecule has 2 nitrogen and oxygen atoms in total. The van der Waals surface area contributed by atoms with Gasteiger partial charge in [0.25, 0.3) is 0 Å². The predicted molar refractivity (Wildman–Crippen MR) is 128 cm³/mol. The number of benzene rings is 4. The molecule has 4 aromatic carbocycles. The molecule has 31 heavy (non-hydrogen) atoms. The van der Waals surface area contributed by atoms with Crippen molar-refractivity contribution in [3.05, 3.63) is 126 Å². The van der Waals surface area contributed by atoms with Crippen LogP contribution in [-0.2, 0) is 14.3 Å². The first kappa shape index (κ1) is 18.5. The van der Waals surface area contributed by atoms with Crippen LogP contribution < -0.4 is 4.90 Å². The SMILES string of the molecule is CN(C(=O)C1(c2ccccc2)SC12c1ccccc1-c1ccccc12)c1ccccc1. The lowest BCUT2D eigenvalue weighted by Crippen LogP contribution is -2.41. The second kappa shape index (κ2) is 6.60. The van der Waals surface area contributed by atoms with Crippen LogP contribution >= 0.6 is 11.8 Å². The van der Waals surface area contributed by atoms with Gasteiger partial charge in [-0.05, 0) is 39.9 Å². The van der Waals surface area contributed by atoms with Crippen LogP contribution in [0.5, 0.6) is 0 Å². The van der Waals surface area contributed by atoms with Crippen LogP contribution in [0.4, 0.5) is 5.69 Å². The summed E-state index contributed by atoms with van der Waals surface area (Å²) in [5, 5.41) is 0. The summed E-state index contributed by atoms with van der Waals surface area (Å²) >= 11 is 1.77. The van der Waals surface area contributed by atoms with Crippen molar-refractivity contribution < 1.29 is 4.79 Å².